The lowest BCUT2D eigenvalue weighted by atomic mass is 9.63. The number of hydrogen-bond donors (Lipinski definition) is 2. The van der Waals surface area contributed by atoms with Crippen molar-refractivity contribution in [3.05, 3.63) is 95.3 Å². The van der Waals surface area contributed by atoms with Crippen LogP contribution < -0.4 is 15.2 Å². The number of halogens is 1. The molecule has 0 bridgehead atoms. The molecular weight excluding hydrogens is 559 g/mol. The normalized spacial score (nSPS) is 15.1. The molecule has 8 heteroatoms. The number of carbonyl (C=O) groups is 2. The maximum atomic E-state index is 12.8. The zero-order valence-electron chi connectivity index (χ0n) is 25.3. The number of benzene rings is 4. The number of carbonyl (C=O) groups excluding carboxylic acids is 1. The van der Waals surface area contributed by atoms with Crippen LogP contribution in [0.25, 0.3) is 21.9 Å². The van der Waals surface area contributed by atoms with Gasteiger partial charge < -0.3 is 20.3 Å². The Kier molecular flexibility index (Phi) is 9.49. The summed E-state index contributed by atoms with van der Waals surface area (Å²) >= 11 is 0. The number of hydrogen-bond acceptors (Lipinski definition) is 5. The standard InChI is InChI=1S/C28H31NO4.C8H8FNO/c1-32-24-10-4-11-25(33-17-16-29-18-28(19-29)14-5-15-28)27(24)23-9-3-7-21-20(12-13-26(30)31)6-2-8-22(21)23;1-5-3-2-4-6(9)7(5)8(10)11/h2-4,6-11H,5,12-19H2,1H3,(H,30,31);2-4H,1H3,(H2,10,11). The van der Waals surface area contributed by atoms with Gasteiger partial charge in [0.1, 0.15) is 23.9 Å². The van der Waals surface area contributed by atoms with Crippen molar-refractivity contribution in [1.29, 1.82) is 0 Å². The van der Waals surface area contributed by atoms with Crippen molar-refractivity contribution in [3.8, 4) is 22.6 Å². The fourth-order valence-corrected chi connectivity index (χ4v) is 6.40. The smallest absolute Gasteiger partial charge is 0.303 e. The summed E-state index contributed by atoms with van der Waals surface area (Å²) in [4.78, 5) is 24.2. The van der Waals surface area contributed by atoms with Gasteiger partial charge in [0.25, 0.3) is 5.91 Å². The molecule has 4 aromatic carbocycles. The summed E-state index contributed by atoms with van der Waals surface area (Å²) in [7, 11) is 1.68. The zero-order valence-corrected chi connectivity index (χ0v) is 25.3. The number of amides is 1. The summed E-state index contributed by atoms with van der Waals surface area (Å²) in [5.41, 5.74) is 9.13. The molecule has 1 saturated heterocycles. The number of nitrogens with two attached hydrogens (primary N) is 1. The Hall–Kier alpha value is -4.43. The van der Waals surface area contributed by atoms with Crippen molar-refractivity contribution in [2.24, 2.45) is 11.1 Å². The number of likely N-dealkylation sites (tertiary alicyclic amines) is 1. The summed E-state index contributed by atoms with van der Waals surface area (Å²) in [6.07, 6.45) is 4.79. The van der Waals surface area contributed by atoms with E-state index in [1.807, 2.05) is 36.4 Å². The maximum Gasteiger partial charge on any atom is 0.303 e. The van der Waals surface area contributed by atoms with Gasteiger partial charge in [-0.05, 0) is 77.3 Å². The van der Waals surface area contributed by atoms with Crippen LogP contribution in [-0.2, 0) is 11.2 Å². The molecule has 1 aliphatic carbocycles. The summed E-state index contributed by atoms with van der Waals surface area (Å²) in [5, 5.41) is 11.3. The van der Waals surface area contributed by atoms with Gasteiger partial charge in [0, 0.05) is 26.1 Å². The van der Waals surface area contributed by atoms with E-state index in [9.17, 15) is 14.0 Å². The topological polar surface area (TPSA) is 102 Å². The molecule has 230 valence electrons. The first-order valence-electron chi connectivity index (χ1n) is 15.0. The quantitative estimate of drug-likeness (QED) is 0.213. The highest BCUT2D eigenvalue weighted by Crippen LogP contribution is 2.48. The van der Waals surface area contributed by atoms with Gasteiger partial charge in [-0.1, -0.05) is 61.0 Å². The van der Waals surface area contributed by atoms with Crippen molar-refractivity contribution < 1.29 is 28.6 Å². The lowest BCUT2D eigenvalue weighted by molar-refractivity contribution is -0.136. The molecule has 4 aromatic rings. The minimum atomic E-state index is -0.783. The summed E-state index contributed by atoms with van der Waals surface area (Å²) < 4.78 is 24.9. The number of primary amides is 1. The summed E-state index contributed by atoms with van der Waals surface area (Å²) in [6, 6.07) is 22.6. The van der Waals surface area contributed by atoms with E-state index in [0.717, 1.165) is 45.5 Å². The highest BCUT2D eigenvalue weighted by atomic mass is 19.1. The third-order valence-electron chi connectivity index (χ3n) is 8.76. The van der Waals surface area contributed by atoms with E-state index in [-0.39, 0.29) is 12.0 Å². The number of carboxylic acid groups (broad SMARTS) is 1. The Balaban J connectivity index is 0.000000296. The van der Waals surface area contributed by atoms with Crippen molar-refractivity contribution in [2.75, 3.05) is 33.4 Å². The number of rotatable bonds is 10. The molecule has 6 rings (SSSR count). The largest absolute Gasteiger partial charge is 0.496 e. The van der Waals surface area contributed by atoms with E-state index in [4.69, 9.17) is 20.3 Å². The number of nitrogens with zero attached hydrogens (tertiary/aromatic N) is 1. The molecule has 1 aliphatic heterocycles. The van der Waals surface area contributed by atoms with E-state index < -0.39 is 17.7 Å². The van der Waals surface area contributed by atoms with Crippen LogP contribution in [0, 0.1) is 18.2 Å². The van der Waals surface area contributed by atoms with Crippen LogP contribution in [0.5, 0.6) is 11.5 Å². The first kappa shape index (κ1) is 31.0. The average Bonchev–Trinajstić information content (AvgIpc) is 2.96. The zero-order chi connectivity index (χ0) is 31.3. The molecule has 1 spiro atoms. The van der Waals surface area contributed by atoms with Gasteiger partial charge >= 0.3 is 5.97 Å². The number of fused-ring (bicyclic) bond motifs is 1. The maximum absolute atomic E-state index is 12.8. The molecule has 2 aliphatic rings. The van der Waals surface area contributed by atoms with Gasteiger partial charge in [0.15, 0.2) is 0 Å². The molecule has 7 nitrogen and oxygen atoms in total. The second-order valence-corrected chi connectivity index (χ2v) is 11.8. The van der Waals surface area contributed by atoms with Gasteiger partial charge in [-0.3, -0.25) is 14.5 Å². The number of aryl methyl sites for hydroxylation is 2. The van der Waals surface area contributed by atoms with Crippen molar-refractivity contribution in [3.63, 3.8) is 0 Å². The molecular formula is C36H39FN2O5. The van der Waals surface area contributed by atoms with E-state index >= 15 is 0 Å². The number of methoxy groups -OCH3 is 1. The van der Waals surface area contributed by atoms with Crippen LogP contribution >= 0.6 is 0 Å². The average molecular weight is 599 g/mol. The first-order valence-corrected chi connectivity index (χ1v) is 15.0. The second kappa shape index (κ2) is 13.5. The van der Waals surface area contributed by atoms with Crippen molar-refractivity contribution in [1.82, 2.24) is 4.90 Å². The third-order valence-corrected chi connectivity index (χ3v) is 8.76. The monoisotopic (exact) mass is 598 g/mol. The molecule has 1 saturated carbocycles. The van der Waals surface area contributed by atoms with Crippen LogP contribution in [-0.4, -0.2) is 55.2 Å². The number of ether oxygens (including phenoxy) is 2. The molecule has 0 atom stereocenters. The predicted molar refractivity (Wildman–Crippen MR) is 170 cm³/mol. The van der Waals surface area contributed by atoms with Crippen molar-refractivity contribution >= 4 is 22.6 Å². The van der Waals surface area contributed by atoms with E-state index in [0.29, 0.717) is 24.0 Å². The molecule has 1 amide bonds. The SMILES string of the molecule is COc1cccc(OCCN2CC3(CCC3)C2)c1-c1cccc2c(CCC(=O)O)cccc12.Cc1cccc(F)c1C(N)=O. The van der Waals surface area contributed by atoms with E-state index in [2.05, 4.69) is 23.1 Å². The van der Waals surface area contributed by atoms with Gasteiger partial charge in [0.2, 0.25) is 0 Å². The van der Waals surface area contributed by atoms with Gasteiger partial charge in [-0.25, -0.2) is 4.39 Å². The Morgan fingerprint density at radius 1 is 0.955 bits per heavy atom. The lowest BCUT2D eigenvalue weighted by Gasteiger charge is -2.56. The Labute approximate surface area is 257 Å². The summed E-state index contributed by atoms with van der Waals surface area (Å²) in [5.74, 6) is -0.475. The van der Waals surface area contributed by atoms with Gasteiger partial charge in [0.05, 0.1) is 18.2 Å². The second-order valence-electron chi connectivity index (χ2n) is 11.8. The minimum absolute atomic E-state index is 0.0208. The van der Waals surface area contributed by atoms with Crippen LogP contribution in [0.1, 0.15) is 47.2 Å². The molecule has 2 fully saturated rings. The molecule has 1 heterocycles. The Morgan fingerprint density at radius 2 is 1.64 bits per heavy atom. The Morgan fingerprint density at radius 3 is 2.27 bits per heavy atom. The van der Waals surface area contributed by atoms with Crippen LogP contribution in [0.4, 0.5) is 4.39 Å². The number of aliphatic carboxylic acids is 1. The van der Waals surface area contributed by atoms with Crippen molar-refractivity contribution in [2.45, 2.75) is 39.0 Å². The summed E-state index contributed by atoms with van der Waals surface area (Å²) in [6.45, 7) is 5.65. The predicted octanol–water partition coefficient (Wildman–Crippen LogP) is 6.63. The molecule has 0 aromatic heterocycles. The fraction of sp³-hybridized carbons (Fsp3) is 0.333. The molecule has 44 heavy (non-hydrogen) atoms. The van der Waals surface area contributed by atoms with Crippen LogP contribution in [0.15, 0.2) is 72.8 Å². The molecule has 3 N–H and O–H groups in total. The number of carboxylic acids is 1. The highest BCUT2D eigenvalue weighted by Gasteiger charge is 2.46. The Bertz CT molecular complexity index is 1640. The van der Waals surface area contributed by atoms with E-state index in [1.54, 1.807) is 20.1 Å². The third kappa shape index (κ3) is 6.70. The van der Waals surface area contributed by atoms with Crippen LogP contribution in [0.3, 0.4) is 0 Å². The first-order chi connectivity index (χ1) is 21.2. The van der Waals surface area contributed by atoms with E-state index in [1.165, 1.54) is 44.5 Å². The lowest BCUT2D eigenvalue weighted by Crippen LogP contribution is -2.60. The van der Waals surface area contributed by atoms with Gasteiger partial charge in [-0.2, -0.15) is 0 Å². The van der Waals surface area contributed by atoms with Gasteiger partial charge in [-0.15, -0.1) is 0 Å². The minimum Gasteiger partial charge on any atom is -0.496 e. The molecule has 0 radical (unpaired) electrons. The fourth-order valence-electron chi connectivity index (χ4n) is 6.40. The van der Waals surface area contributed by atoms with Crippen LogP contribution in [0.2, 0.25) is 0 Å². The molecule has 0 unspecified atom stereocenters. The highest BCUT2D eigenvalue weighted by molar-refractivity contribution is 6.01.